The van der Waals surface area contributed by atoms with Crippen LogP contribution in [0.3, 0.4) is 0 Å². The largest absolute Gasteiger partial charge is 0.395 e. The Balaban J connectivity index is 0.00000338. The molecule has 0 aromatic heterocycles. The summed E-state index contributed by atoms with van der Waals surface area (Å²) in [5, 5.41) is 9.06. The van der Waals surface area contributed by atoms with Gasteiger partial charge in [-0.05, 0) is 34.1 Å². The van der Waals surface area contributed by atoms with E-state index in [1.165, 1.54) is 11.1 Å². The molecule has 0 spiro atoms. The van der Waals surface area contributed by atoms with Gasteiger partial charge in [-0.1, -0.05) is 47.6 Å². The average molecular weight is 383 g/mol. The van der Waals surface area contributed by atoms with Crippen LogP contribution in [-0.4, -0.2) is 60.1 Å². The second kappa shape index (κ2) is 8.73. The van der Waals surface area contributed by atoms with Crippen molar-refractivity contribution < 1.29 is 9.90 Å². The molecule has 5 heteroatoms. The molecular weight excluding hydrogens is 348 g/mol. The van der Waals surface area contributed by atoms with Crippen molar-refractivity contribution in [3.05, 3.63) is 34.9 Å². The lowest BCUT2D eigenvalue weighted by atomic mass is 9.79. The van der Waals surface area contributed by atoms with Crippen molar-refractivity contribution >= 4 is 18.3 Å². The topological polar surface area (TPSA) is 43.8 Å². The van der Waals surface area contributed by atoms with E-state index in [9.17, 15) is 4.79 Å². The SMILES string of the molecule is CC(C)(C)c1cc(C(=O)N2CCN(CCO)CC2)cc(C(C)(C)C)c1.Cl. The number of carbonyl (C=O) groups is 1. The smallest absolute Gasteiger partial charge is 0.253 e. The fourth-order valence-corrected chi connectivity index (χ4v) is 3.12. The molecule has 0 radical (unpaired) electrons. The number of aliphatic hydroxyl groups is 1. The Morgan fingerprint density at radius 2 is 1.38 bits per heavy atom. The third-order valence-corrected chi connectivity index (χ3v) is 4.99. The summed E-state index contributed by atoms with van der Waals surface area (Å²) in [4.78, 5) is 17.2. The maximum atomic E-state index is 13.1. The lowest BCUT2D eigenvalue weighted by molar-refractivity contribution is 0.0614. The number of halogens is 1. The molecule has 1 aromatic carbocycles. The van der Waals surface area contributed by atoms with Crippen LogP contribution in [-0.2, 0) is 10.8 Å². The molecule has 0 unspecified atom stereocenters. The van der Waals surface area contributed by atoms with Crippen LogP contribution in [0.1, 0.15) is 63.0 Å². The molecule has 0 bridgehead atoms. The molecular formula is C21H35ClN2O2. The summed E-state index contributed by atoms with van der Waals surface area (Å²) in [6, 6.07) is 6.38. The van der Waals surface area contributed by atoms with E-state index in [0.29, 0.717) is 6.54 Å². The molecule has 1 heterocycles. The van der Waals surface area contributed by atoms with Gasteiger partial charge in [0.25, 0.3) is 5.91 Å². The standard InChI is InChI=1S/C21H34N2O2.ClH/c1-20(2,3)17-13-16(14-18(15-17)21(4,5)6)19(25)23-9-7-22(8-10-23)11-12-24;/h13-15,24H,7-12H2,1-6H3;1H. The maximum Gasteiger partial charge on any atom is 0.253 e. The van der Waals surface area contributed by atoms with Crippen molar-refractivity contribution in [2.24, 2.45) is 0 Å². The van der Waals surface area contributed by atoms with Gasteiger partial charge < -0.3 is 10.0 Å². The third-order valence-electron chi connectivity index (χ3n) is 4.99. The normalized spacial score (nSPS) is 16.3. The van der Waals surface area contributed by atoms with Crippen molar-refractivity contribution in [2.45, 2.75) is 52.4 Å². The van der Waals surface area contributed by atoms with Crippen molar-refractivity contribution in [3.8, 4) is 0 Å². The molecule has 1 aliphatic rings. The molecule has 148 valence electrons. The Labute approximate surface area is 165 Å². The van der Waals surface area contributed by atoms with Gasteiger partial charge in [-0.3, -0.25) is 9.69 Å². The molecule has 1 aliphatic heterocycles. The first-order valence-electron chi connectivity index (χ1n) is 9.31. The van der Waals surface area contributed by atoms with Crippen LogP contribution in [0.15, 0.2) is 18.2 Å². The highest BCUT2D eigenvalue weighted by Gasteiger charge is 2.26. The summed E-state index contributed by atoms with van der Waals surface area (Å²) in [7, 11) is 0. The molecule has 4 nitrogen and oxygen atoms in total. The number of piperazine rings is 1. The van der Waals surface area contributed by atoms with Gasteiger partial charge >= 0.3 is 0 Å². The second-order valence-corrected chi connectivity index (χ2v) is 9.16. The predicted octanol–water partition coefficient (Wildman–Crippen LogP) is 3.45. The average Bonchev–Trinajstić information content (AvgIpc) is 2.53. The Kier molecular flexibility index (Phi) is 7.70. The number of β-amino-alcohol motifs (C(OH)–C–C–N with tert-alkyl or cyclic N) is 1. The Morgan fingerprint density at radius 3 is 1.77 bits per heavy atom. The number of hydrogen-bond donors (Lipinski definition) is 1. The predicted molar refractivity (Wildman–Crippen MR) is 111 cm³/mol. The minimum absolute atomic E-state index is 0. The van der Waals surface area contributed by atoms with Crippen molar-refractivity contribution in [1.29, 1.82) is 0 Å². The van der Waals surface area contributed by atoms with E-state index in [4.69, 9.17) is 5.11 Å². The zero-order chi connectivity index (χ0) is 18.8. The number of rotatable bonds is 3. The molecule has 26 heavy (non-hydrogen) atoms. The van der Waals surface area contributed by atoms with Crippen LogP contribution in [0.4, 0.5) is 0 Å². The van der Waals surface area contributed by atoms with Gasteiger partial charge in [0, 0.05) is 38.3 Å². The number of benzene rings is 1. The summed E-state index contributed by atoms with van der Waals surface area (Å²) < 4.78 is 0. The molecule has 1 fully saturated rings. The van der Waals surface area contributed by atoms with E-state index in [0.717, 1.165) is 31.7 Å². The fourth-order valence-electron chi connectivity index (χ4n) is 3.12. The lowest BCUT2D eigenvalue weighted by Gasteiger charge is -2.35. The molecule has 1 aromatic rings. The number of nitrogens with zero attached hydrogens (tertiary/aromatic N) is 2. The van der Waals surface area contributed by atoms with E-state index in [2.05, 4.69) is 64.6 Å². The van der Waals surface area contributed by atoms with E-state index < -0.39 is 0 Å². The van der Waals surface area contributed by atoms with Gasteiger partial charge in [0.2, 0.25) is 0 Å². The van der Waals surface area contributed by atoms with Gasteiger partial charge in [0.1, 0.15) is 0 Å². The number of hydrogen-bond acceptors (Lipinski definition) is 3. The lowest BCUT2D eigenvalue weighted by Crippen LogP contribution is -2.49. The highest BCUT2D eigenvalue weighted by atomic mass is 35.5. The van der Waals surface area contributed by atoms with Crippen LogP contribution in [0, 0.1) is 0 Å². The van der Waals surface area contributed by atoms with Gasteiger partial charge in [-0.25, -0.2) is 0 Å². The summed E-state index contributed by atoms with van der Waals surface area (Å²) in [5.74, 6) is 0.125. The minimum Gasteiger partial charge on any atom is -0.395 e. The van der Waals surface area contributed by atoms with Crippen LogP contribution >= 0.6 is 12.4 Å². The van der Waals surface area contributed by atoms with Crippen LogP contribution in [0.5, 0.6) is 0 Å². The molecule has 0 aliphatic carbocycles. The van der Waals surface area contributed by atoms with Gasteiger partial charge in [-0.15, -0.1) is 12.4 Å². The summed E-state index contributed by atoms with van der Waals surface area (Å²) in [5.41, 5.74) is 3.24. The van der Waals surface area contributed by atoms with Gasteiger partial charge in [-0.2, -0.15) is 0 Å². The first-order valence-corrected chi connectivity index (χ1v) is 9.31. The Hall–Kier alpha value is -1.10. The Morgan fingerprint density at radius 1 is 0.923 bits per heavy atom. The summed E-state index contributed by atoms with van der Waals surface area (Å²) in [6.07, 6.45) is 0. The quantitative estimate of drug-likeness (QED) is 0.870. The first-order chi connectivity index (χ1) is 11.5. The number of carbonyl (C=O) groups excluding carboxylic acids is 1. The van der Waals surface area contributed by atoms with E-state index in [1.807, 2.05) is 4.90 Å². The summed E-state index contributed by atoms with van der Waals surface area (Å²) >= 11 is 0. The molecule has 0 saturated carbocycles. The fraction of sp³-hybridized carbons (Fsp3) is 0.667. The molecule has 1 saturated heterocycles. The molecule has 2 rings (SSSR count). The first kappa shape index (κ1) is 22.9. The van der Waals surface area contributed by atoms with Gasteiger partial charge in [0.15, 0.2) is 0 Å². The molecule has 1 amide bonds. The monoisotopic (exact) mass is 382 g/mol. The van der Waals surface area contributed by atoms with E-state index in [1.54, 1.807) is 0 Å². The number of aliphatic hydroxyl groups excluding tert-OH is 1. The third kappa shape index (κ3) is 5.70. The zero-order valence-corrected chi connectivity index (χ0v) is 17.9. The maximum absolute atomic E-state index is 13.1. The van der Waals surface area contributed by atoms with Crippen molar-refractivity contribution in [2.75, 3.05) is 39.3 Å². The summed E-state index contributed by atoms with van der Waals surface area (Å²) in [6.45, 7) is 17.1. The van der Waals surface area contributed by atoms with Gasteiger partial charge in [0.05, 0.1) is 6.61 Å². The van der Waals surface area contributed by atoms with Crippen LogP contribution in [0.25, 0.3) is 0 Å². The van der Waals surface area contributed by atoms with E-state index in [-0.39, 0.29) is 35.8 Å². The second-order valence-electron chi connectivity index (χ2n) is 9.16. The molecule has 0 atom stereocenters. The number of amides is 1. The van der Waals surface area contributed by atoms with Crippen molar-refractivity contribution in [1.82, 2.24) is 9.80 Å². The highest BCUT2D eigenvalue weighted by molar-refractivity contribution is 5.95. The van der Waals surface area contributed by atoms with Crippen LogP contribution < -0.4 is 0 Å². The Bertz CT molecular complexity index is 577. The molecule has 1 N–H and O–H groups in total. The van der Waals surface area contributed by atoms with E-state index >= 15 is 0 Å². The van der Waals surface area contributed by atoms with Crippen molar-refractivity contribution in [3.63, 3.8) is 0 Å². The highest BCUT2D eigenvalue weighted by Crippen LogP contribution is 2.30. The van der Waals surface area contributed by atoms with Crippen LogP contribution in [0.2, 0.25) is 0 Å². The minimum atomic E-state index is 0. The zero-order valence-electron chi connectivity index (χ0n) is 17.1.